The fraction of sp³-hybridized carbons (Fsp3) is 0.667. The van der Waals surface area contributed by atoms with Crippen molar-refractivity contribution in [3.05, 3.63) is 0 Å². The van der Waals surface area contributed by atoms with Gasteiger partial charge in [-0.25, -0.2) is 5.43 Å². The summed E-state index contributed by atoms with van der Waals surface area (Å²) in [6.45, 7) is 3.46. The molecule has 64 valence electrons. The minimum absolute atomic E-state index is 0.0432. The van der Waals surface area contributed by atoms with Crippen molar-refractivity contribution in [2.24, 2.45) is 11.7 Å². The van der Waals surface area contributed by atoms with Gasteiger partial charge in [0.25, 0.3) is 0 Å². The Morgan fingerprint density at radius 1 is 1.45 bits per heavy atom. The minimum Gasteiger partial charge on any atom is -0.369 e. The summed E-state index contributed by atoms with van der Waals surface area (Å²) in [7, 11) is 0. The van der Waals surface area contributed by atoms with Crippen LogP contribution in [0.1, 0.15) is 13.8 Å². The first kappa shape index (κ1) is 9.90. The van der Waals surface area contributed by atoms with Crippen LogP contribution in [0.2, 0.25) is 0 Å². The molecule has 0 aliphatic heterocycles. The van der Waals surface area contributed by atoms with Gasteiger partial charge in [0.05, 0.1) is 6.54 Å². The van der Waals surface area contributed by atoms with Crippen molar-refractivity contribution in [1.29, 1.82) is 0 Å². The molecule has 0 aliphatic carbocycles. The number of nitrogens with two attached hydrogens (primary N) is 1. The van der Waals surface area contributed by atoms with Gasteiger partial charge in [0.15, 0.2) is 0 Å². The fourth-order valence-electron chi connectivity index (χ4n) is 0.363. The highest BCUT2D eigenvalue weighted by molar-refractivity contribution is 5.79. The summed E-state index contributed by atoms with van der Waals surface area (Å²) in [4.78, 5) is 21.0. The van der Waals surface area contributed by atoms with Gasteiger partial charge in [0.1, 0.15) is 0 Å². The molecule has 0 heterocycles. The van der Waals surface area contributed by atoms with Crippen molar-refractivity contribution < 1.29 is 9.59 Å². The average Bonchev–Trinajstić information content (AvgIpc) is 1.86. The van der Waals surface area contributed by atoms with E-state index in [0.29, 0.717) is 0 Å². The first-order valence-electron chi connectivity index (χ1n) is 3.35. The van der Waals surface area contributed by atoms with Gasteiger partial charge >= 0.3 is 0 Å². The van der Waals surface area contributed by atoms with Crippen LogP contribution in [0.4, 0.5) is 0 Å². The molecule has 0 atom stereocenters. The number of primary amides is 1. The van der Waals surface area contributed by atoms with E-state index in [1.165, 1.54) is 0 Å². The van der Waals surface area contributed by atoms with Crippen molar-refractivity contribution in [1.82, 2.24) is 10.9 Å². The summed E-state index contributed by atoms with van der Waals surface area (Å²) in [5.41, 5.74) is 9.52. The van der Waals surface area contributed by atoms with Crippen LogP contribution in [0.25, 0.3) is 0 Å². The van der Waals surface area contributed by atoms with Crippen LogP contribution >= 0.6 is 0 Å². The largest absolute Gasteiger partial charge is 0.369 e. The summed E-state index contributed by atoms with van der Waals surface area (Å²) in [6, 6.07) is 0. The van der Waals surface area contributed by atoms with Crippen LogP contribution in [0, 0.1) is 5.92 Å². The number of carbonyl (C=O) groups excluding carboxylic acids is 2. The molecule has 0 saturated carbocycles. The normalized spacial score (nSPS) is 9.73. The van der Waals surface area contributed by atoms with Gasteiger partial charge in [-0.2, -0.15) is 0 Å². The molecular weight excluding hydrogens is 146 g/mol. The molecule has 0 fully saturated rings. The topological polar surface area (TPSA) is 84.2 Å². The number of hydrazine groups is 1. The summed E-state index contributed by atoms with van der Waals surface area (Å²) < 4.78 is 0. The third-order valence-electron chi connectivity index (χ3n) is 0.999. The molecule has 11 heavy (non-hydrogen) atoms. The molecule has 0 saturated heterocycles. The van der Waals surface area contributed by atoms with Crippen LogP contribution in [-0.2, 0) is 9.59 Å². The van der Waals surface area contributed by atoms with Gasteiger partial charge in [0, 0.05) is 5.92 Å². The van der Waals surface area contributed by atoms with Crippen LogP contribution in [-0.4, -0.2) is 18.4 Å². The van der Waals surface area contributed by atoms with Gasteiger partial charge < -0.3 is 5.73 Å². The second-order valence-electron chi connectivity index (χ2n) is 2.46. The van der Waals surface area contributed by atoms with Gasteiger partial charge in [0.2, 0.25) is 11.8 Å². The second-order valence-corrected chi connectivity index (χ2v) is 2.46. The zero-order valence-corrected chi connectivity index (χ0v) is 6.68. The quantitative estimate of drug-likeness (QED) is 0.448. The highest BCUT2D eigenvalue weighted by Gasteiger charge is 2.04. The molecule has 0 bridgehead atoms. The standard InChI is InChI=1S/C6H13N3O2/c1-4(2)6(11)9-8-3-5(7)10/h4,8H,3H2,1-2H3,(H2,7,10)(H,9,11). The average molecular weight is 159 g/mol. The van der Waals surface area contributed by atoms with E-state index in [1.807, 2.05) is 0 Å². The Balaban J connectivity index is 3.39. The molecule has 5 nitrogen and oxygen atoms in total. The van der Waals surface area contributed by atoms with Crippen LogP contribution < -0.4 is 16.6 Å². The van der Waals surface area contributed by atoms with E-state index in [1.54, 1.807) is 13.8 Å². The summed E-state index contributed by atoms with van der Waals surface area (Å²) in [6.07, 6.45) is 0. The molecule has 0 rings (SSSR count). The SMILES string of the molecule is CC(C)C(=O)NNCC(N)=O. The van der Waals surface area contributed by atoms with E-state index in [2.05, 4.69) is 10.9 Å². The maximum Gasteiger partial charge on any atom is 0.236 e. The Morgan fingerprint density at radius 3 is 2.36 bits per heavy atom. The van der Waals surface area contributed by atoms with Crippen LogP contribution in [0.15, 0.2) is 0 Å². The molecule has 0 unspecified atom stereocenters. The lowest BCUT2D eigenvalue weighted by molar-refractivity contribution is -0.125. The number of nitrogens with one attached hydrogen (secondary N) is 2. The monoisotopic (exact) mass is 159 g/mol. The molecule has 4 N–H and O–H groups in total. The third-order valence-corrected chi connectivity index (χ3v) is 0.999. The Morgan fingerprint density at radius 2 is 2.00 bits per heavy atom. The van der Waals surface area contributed by atoms with Crippen LogP contribution in [0.5, 0.6) is 0 Å². The predicted molar refractivity (Wildman–Crippen MR) is 40.2 cm³/mol. The summed E-state index contributed by atoms with van der Waals surface area (Å²) >= 11 is 0. The molecule has 0 aromatic heterocycles. The van der Waals surface area contributed by atoms with E-state index in [4.69, 9.17) is 5.73 Å². The lowest BCUT2D eigenvalue weighted by atomic mass is 10.2. The number of hydrogen-bond acceptors (Lipinski definition) is 3. The molecule has 0 spiro atoms. The Hall–Kier alpha value is -1.10. The molecular formula is C6H13N3O2. The smallest absolute Gasteiger partial charge is 0.236 e. The Labute approximate surface area is 65.3 Å². The number of rotatable bonds is 4. The van der Waals surface area contributed by atoms with Crippen molar-refractivity contribution in [3.8, 4) is 0 Å². The minimum atomic E-state index is -0.506. The van der Waals surface area contributed by atoms with Gasteiger partial charge in [-0.1, -0.05) is 13.8 Å². The maximum atomic E-state index is 10.8. The van der Waals surface area contributed by atoms with E-state index in [-0.39, 0.29) is 18.4 Å². The lowest BCUT2D eigenvalue weighted by Crippen LogP contribution is -2.43. The molecule has 0 radical (unpaired) electrons. The predicted octanol–water partition coefficient (Wildman–Crippen LogP) is -1.25. The highest BCUT2D eigenvalue weighted by atomic mass is 16.2. The van der Waals surface area contributed by atoms with Crippen LogP contribution in [0.3, 0.4) is 0 Å². The molecule has 0 aliphatic rings. The third kappa shape index (κ3) is 5.35. The zero-order valence-electron chi connectivity index (χ0n) is 6.68. The zero-order chi connectivity index (χ0) is 8.85. The summed E-state index contributed by atoms with van der Waals surface area (Å²) in [5, 5.41) is 0. The molecule has 0 aromatic carbocycles. The fourth-order valence-corrected chi connectivity index (χ4v) is 0.363. The van der Waals surface area contributed by atoms with Crippen molar-refractivity contribution >= 4 is 11.8 Å². The second kappa shape index (κ2) is 4.68. The van der Waals surface area contributed by atoms with Crippen molar-refractivity contribution in [2.75, 3.05) is 6.54 Å². The van der Waals surface area contributed by atoms with Crippen molar-refractivity contribution in [3.63, 3.8) is 0 Å². The molecule has 0 aromatic rings. The van der Waals surface area contributed by atoms with E-state index in [0.717, 1.165) is 0 Å². The lowest BCUT2D eigenvalue weighted by Gasteiger charge is -2.06. The Kier molecular flexibility index (Phi) is 4.21. The summed E-state index contributed by atoms with van der Waals surface area (Å²) in [5.74, 6) is -0.768. The first-order valence-corrected chi connectivity index (χ1v) is 3.35. The van der Waals surface area contributed by atoms with E-state index in [9.17, 15) is 9.59 Å². The number of carbonyl (C=O) groups is 2. The van der Waals surface area contributed by atoms with E-state index >= 15 is 0 Å². The van der Waals surface area contributed by atoms with Gasteiger partial charge in [-0.15, -0.1) is 0 Å². The highest BCUT2D eigenvalue weighted by Crippen LogP contribution is 1.87. The first-order chi connectivity index (χ1) is 5.04. The van der Waals surface area contributed by atoms with Gasteiger partial charge in [-0.05, 0) is 0 Å². The van der Waals surface area contributed by atoms with Crippen molar-refractivity contribution in [2.45, 2.75) is 13.8 Å². The molecule has 5 heteroatoms. The van der Waals surface area contributed by atoms with Gasteiger partial charge in [-0.3, -0.25) is 15.0 Å². The number of hydrogen-bond donors (Lipinski definition) is 3. The molecule has 2 amide bonds. The maximum absolute atomic E-state index is 10.8. The number of amides is 2. The van der Waals surface area contributed by atoms with E-state index < -0.39 is 5.91 Å². The Bertz CT molecular complexity index is 156.